The Morgan fingerprint density at radius 2 is 2.18 bits per heavy atom. The van der Waals surface area contributed by atoms with Crippen LogP contribution in [0.15, 0.2) is 41.0 Å². The molecule has 0 spiro atoms. The fourth-order valence-electron chi connectivity index (χ4n) is 1.45. The van der Waals surface area contributed by atoms with Crippen molar-refractivity contribution in [1.82, 2.24) is 4.98 Å². The fraction of sp³-hybridized carbons (Fsp3) is 0.154. The minimum absolute atomic E-state index is 0.00392. The molecule has 0 unspecified atom stereocenters. The van der Waals surface area contributed by atoms with E-state index in [2.05, 4.69) is 20.9 Å². The molecule has 0 bridgehead atoms. The second-order valence-corrected chi connectivity index (χ2v) is 4.60. The van der Waals surface area contributed by atoms with Gasteiger partial charge in [0.1, 0.15) is 5.75 Å². The number of hydrogen-bond donors (Lipinski definition) is 1. The molecule has 1 aromatic heterocycles. The van der Waals surface area contributed by atoms with Crippen LogP contribution in [-0.4, -0.2) is 10.1 Å². The van der Waals surface area contributed by atoms with Crippen molar-refractivity contribution in [3.8, 4) is 11.6 Å². The van der Waals surface area contributed by atoms with Crippen molar-refractivity contribution in [2.75, 3.05) is 0 Å². The molecule has 1 N–H and O–H groups in total. The van der Waals surface area contributed by atoms with E-state index >= 15 is 0 Å². The quantitative estimate of drug-likeness (QED) is 0.943. The third kappa shape index (κ3) is 3.05. The first-order valence-corrected chi connectivity index (χ1v) is 5.98. The van der Waals surface area contributed by atoms with Crippen LogP contribution in [0.1, 0.15) is 11.1 Å². The molecule has 17 heavy (non-hydrogen) atoms. The van der Waals surface area contributed by atoms with Gasteiger partial charge in [0.05, 0.1) is 6.61 Å². The maximum Gasteiger partial charge on any atom is 0.222 e. The zero-order valence-electron chi connectivity index (χ0n) is 9.35. The maximum absolute atomic E-state index is 9.04. The molecule has 0 aliphatic carbocycles. The number of hydrogen-bond acceptors (Lipinski definition) is 3. The Morgan fingerprint density at radius 1 is 1.35 bits per heavy atom. The summed E-state index contributed by atoms with van der Waals surface area (Å²) in [7, 11) is 0. The number of pyridine rings is 1. The molecule has 1 aromatic carbocycles. The first kappa shape index (κ1) is 12.1. The van der Waals surface area contributed by atoms with E-state index in [0.29, 0.717) is 11.6 Å². The number of rotatable bonds is 3. The number of halogens is 1. The molecule has 0 aliphatic rings. The van der Waals surface area contributed by atoms with E-state index in [4.69, 9.17) is 9.84 Å². The molecule has 2 rings (SSSR count). The highest BCUT2D eigenvalue weighted by atomic mass is 79.9. The lowest BCUT2D eigenvalue weighted by Crippen LogP contribution is -1.92. The molecule has 4 heteroatoms. The number of nitrogens with zero attached hydrogens (tertiary/aromatic N) is 1. The Kier molecular flexibility index (Phi) is 3.76. The molecule has 0 fully saturated rings. The Morgan fingerprint density at radius 3 is 2.88 bits per heavy atom. The van der Waals surface area contributed by atoms with Gasteiger partial charge in [0.15, 0.2) is 0 Å². The van der Waals surface area contributed by atoms with Crippen molar-refractivity contribution in [2.24, 2.45) is 0 Å². The monoisotopic (exact) mass is 293 g/mol. The second kappa shape index (κ2) is 5.29. The summed E-state index contributed by atoms with van der Waals surface area (Å²) in [4.78, 5) is 4.20. The van der Waals surface area contributed by atoms with Crippen molar-refractivity contribution in [1.29, 1.82) is 0 Å². The zero-order chi connectivity index (χ0) is 12.3. The summed E-state index contributed by atoms with van der Waals surface area (Å²) < 4.78 is 6.59. The largest absolute Gasteiger partial charge is 0.439 e. The van der Waals surface area contributed by atoms with E-state index in [9.17, 15) is 0 Å². The van der Waals surface area contributed by atoms with Crippen LogP contribution in [0.5, 0.6) is 11.6 Å². The molecule has 0 radical (unpaired) electrons. The highest BCUT2D eigenvalue weighted by Crippen LogP contribution is 2.25. The van der Waals surface area contributed by atoms with Crippen LogP contribution in [0.25, 0.3) is 0 Å². The Bertz CT molecular complexity index is 529. The Balaban J connectivity index is 2.25. The number of ether oxygens (including phenoxy) is 1. The van der Waals surface area contributed by atoms with Gasteiger partial charge in [0.25, 0.3) is 0 Å². The third-order valence-electron chi connectivity index (χ3n) is 2.29. The van der Waals surface area contributed by atoms with Gasteiger partial charge in [-0.05, 0) is 46.6 Å². The Hall–Kier alpha value is -1.39. The van der Waals surface area contributed by atoms with Gasteiger partial charge < -0.3 is 9.84 Å². The lowest BCUT2D eigenvalue weighted by Gasteiger charge is -2.08. The standard InChI is InChI=1S/C13H12BrNO2/c1-9-5-11(14)7-15-13(9)17-12-4-2-3-10(6-12)8-16/h2-7,16H,8H2,1H3. The smallest absolute Gasteiger partial charge is 0.222 e. The van der Waals surface area contributed by atoms with Gasteiger partial charge >= 0.3 is 0 Å². The van der Waals surface area contributed by atoms with Crippen molar-refractivity contribution in [3.63, 3.8) is 0 Å². The third-order valence-corrected chi connectivity index (χ3v) is 2.73. The summed E-state index contributed by atoms with van der Waals surface area (Å²) in [6, 6.07) is 9.26. The van der Waals surface area contributed by atoms with Crippen molar-refractivity contribution >= 4 is 15.9 Å². The zero-order valence-corrected chi connectivity index (χ0v) is 10.9. The summed E-state index contributed by atoms with van der Waals surface area (Å²) >= 11 is 3.35. The van der Waals surface area contributed by atoms with Crippen LogP contribution in [0.3, 0.4) is 0 Å². The molecule has 0 amide bonds. The maximum atomic E-state index is 9.04. The minimum Gasteiger partial charge on any atom is -0.439 e. The number of aromatic nitrogens is 1. The molecule has 2 aromatic rings. The molecular weight excluding hydrogens is 282 g/mol. The number of benzene rings is 1. The van der Waals surface area contributed by atoms with Gasteiger partial charge in [0.2, 0.25) is 5.88 Å². The van der Waals surface area contributed by atoms with Crippen LogP contribution in [0.2, 0.25) is 0 Å². The number of aliphatic hydroxyl groups is 1. The number of aryl methyl sites for hydroxylation is 1. The summed E-state index contributed by atoms with van der Waals surface area (Å²) in [6.07, 6.45) is 1.69. The predicted octanol–water partition coefficient (Wildman–Crippen LogP) is 3.44. The lowest BCUT2D eigenvalue weighted by molar-refractivity contribution is 0.281. The molecule has 0 saturated heterocycles. The summed E-state index contributed by atoms with van der Waals surface area (Å²) in [6.45, 7) is 1.94. The van der Waals surface area contributed by atoms with Crippen LogP contribution >= 0.6 is 15.9 Å². The molecular formula is C13H12BrNO2. The fourth-order valence-corrected chi connectivity index (χ4v) is 1.90. The highest BCUT2D eigenvalue weighted by Gasteiger charge is 2.04. The molecule has 0 saturated carbocycles. The van der Waals surface area contributed by atoms with E-state index in [1.54, 1.807) is 12.3 Å². The van der Waals surface area contributed by atoms with E-state index < -0.39 is 0 Å². The first-order chi connectivity index (χ1) is 8.19. The SMILES string of the molecule is Cc1cc(Br)cnc1Oc1cccc(CO)c1. The molecule has 0 aliphatic heterocycles. The van der Waals surface area contributed by atoms with Gasteiger partial charge in [-0.1, -0.05) is 12.1 Å². The number of aliphatic hydroxyl groups excluding tert-OH is 1. The van der Waals surface area contributed by atoms with Gasteiger partial charge in [0, 0.05) is 16.2 Å². The second-order valence-electron chi connectivity index (χ2n) is 3.68. The average Bonchev–Trinajstić information content (AvgIpc) is 2.33. The van der Waals surface area contributed by atoms with Gasteiger partial charge in [-0.2, -0.15) is 0 Å². The predicted molar refractivity (Wildman–Crippen MR) is 69.1 cm³/mol. The minimum atomic E-state index is 0.00392. The Labute approximate surface area is 108 Å². The molecule has 0 atom stereocenters. The average molecular weight is 294 g/mol. The topological polar surface area (TPSA) is 42.4 Å². The summed E-state index contributed by atoms with van der Waals surface area (Å²) in [5.41, 5.74) is 1.77. The van der Waals surface area contributed by atoms with E-state index in [1.165, 1.54) is 0 Å². The van der Waals surface area contributed by atoms with Crippen LogP contribution in [-0.2, 0) is 6.61 Å². The molecule has 88 valence electrons. The van der Waals surface area contributed by atoms with Crippen LogP contribution in [0, 0.1) is 6.92 Å². The van der Waals surface area contributed by atoms with Crippen molar-refractivity contribution < 1.29 is 9.84 Å². The van der Waals surface area contributed by atoms with E-state index in [-0.39, 0.29) is 6.61 Å². The molecule has 3 nitrogen and oxygen atoms in total. The van der Waals surface area contributed by atoms with Gasteiger partial charge in [-0.25, -0.2) is 4.98 Å². The first-order valence-electron chi connectivity index (χ1n) is 5.19. The van der Waals surface area contributed by atoms with E-state index in [0.717, 1.165) is 15.6 Å². The van der Waals surface area contributed by atoms with Crippen LogP contribution in [0.4, 0.5) is 0 Å². The van der Waals surface area contributed by atoms with Crippen molar-refractivity contribution in [3.05, 3.63) is 52.1 Å². The van der Waals surface area contributed by atoms with Gasteiger partial charge in [-0.15, -0.1) is 0 Å². The molecule has 1 heterocycles. The highest BCUT2D eigenvalue weighted by molar-refractivity contribution is 9.10. The summed E-state index contributed by atoms with van der Waals surface area (Å²) in [5, 5.41) is 9.04. The van der Waals surface area contributed by atoms with Gasteiger partial charge in [-0.3, -0.25) is 0 Å². The normalized spacial score (nSPS) is 10.3. The summed E-state index contributed by atoms with van der Waals surface area (Å²) in [5.74, 6) is 1.25. The van der Waals surface area contributed by atoms with E-state index in [1.807, 2.05) is 31.2 Å². The lowest BCUT2D eigenvalue weighted by atomic mass is 10.2. The van der Waals surface area contributed by atoms with Crippen LogP contribution < -0.4 is 4.74 Å². The van der Waals surface area contributed by atoms with Crippen molar-refractivity contribution in [2.45, 2.75) is 13.5 Å².